The zero-order valence-electron chi connectivity index (χ0n) is 9.17. The fourth-order valence-electron chi connectivity index (χ4n) is 2.13. The highest BCUT2D eigenvalue weighted by atomic mass is 35.5. The normalized spacial score (nSPS) is 20.9. The minimum Gasteiger partial charge on any atom is -0.341 e. The van der Waals surface area contributed by atoms with Gasteiger partial charge in [0.1, 0.15) is 5.82 Å². The third-order valence-electron chi connectivity index (χ3n) is 3.03. The van der Waals surface area contributed by atoms with Crippen molar-refractivity contribution in [2.24, 2.45) is 0 Å². The molecule has 1 atom stereocenters. The number of thioether (sulfide) groups is 1. The van der Waals surface area contributed by atoms with E-state index in [0.717, 1.165) is 16.9 Å². The molecule has 1 aliphatic heterocycles. The van der Waals surface area contributed by atoms with E-state index in [-0.39, 0.29) is 0 Å². The number of hydrogen-bond donors (Lipinski definition) is 1. The van der Waals surface area contributed by atoms with Gasteiger partial charge in [-0.2, -0.15) is 11.8 Å². The summed E-state index contributed by atoms with van der Waals surface area (Å²) in [5, 5.41) is 1.63. The molecule has 0 spiro atoms. The van der Waals surface area contributed by atoms with Crippen LogP contribution in [0.2, 0.25) is 10.0 Å². The molecule has 0 saturated carbocycles. The third kappa shape index (κ3) is 2.28. The lowest BCUT2D eigenvalue weighted by molar-refractivity contribution is 0.668. The monoisotopic (exact) mass is 286 g/mol. The highest BCUT2D eigenvalue weighted by Gasteiger charge is 2.19. The van der Waals surface area contributed by atoms with Crippen molar-refractivity contribution in [1.29, 1.82) is 0 Å². The molecule has 0 aliphatic carbocycles. The Balaban J connectivity index is 2.00. The van der Waals surface area contributed by atoms with Crippen LogP contribution < -0.4 is 0 Å². The minimum absolute atomic E-state index is 0.494. The molecule has 1 aliphatic rings. The van der Waals surface area contributed by atoms with Crippen LogP contribution in [0.1, 0.15) is 30.3 Å². The number of imidazole rings is 1. The SMILES string of the molecule is Clc1cc2nc(C3CCCCS3)[nH]c2cc1Cl. The van der Waals surface area contributed by atoms with Gasteiger partial charge in [-0.1, -0.05) is 29.6 Å². The van der Waals surface area contributed by atoms with Crippen molar-refractivity contribution in [3.8, 4) is 0 Å². The quantitative estimate of drug-likeness (QED) is 0.814. The van der Waals surface area contributed by atoms with Crippen LogP contribution in [0, 0.1) is 0 Å². The summed E-state index contributed by atoms with van der Waals surface area (Å²) >= 11 is 14.0. The number of aromatic nitrogens is 2. The highest BCUT2D eigenvalue weighted by molar-refractivity contribution is 7.99. The van der Waals surface area contributed by atoms with E-state index in [1.165, 1.54) is 25.0 Å². The van der Waals surface area contributed by atoms with Crippen molar-refractivity contribution in [2.45, 2.75) is 24.5 Å². The summed E-state index contributed by atoms with van der Waals surface area (Å²) < 4.78 is 0. The van der Waals surface area contributed by atoms with E-state index >= 15 is 0 Å². The van der Waals surface area contributed by atoms with E-state index in [9.17, 15) is 0 Å². The van der Waals surface area contributed by atoms with Crippen LogP contribution in [-0.2, 0) is 0 Å². The summed E-state index contributed by atoms with van der Waals surface area (Å²) in [7, 11) is 0. The molecule has 90 valence electrons. The number of fused-ring (bicyclic) bond motifs is 1. The van der Waals surface area contributed by atoms with Crippen molar-refractivity contribution in [3.63, 3.8) is 0 Å². The average Bonchev–Trinajstić information content (AvgIpc) is 2.74. The van der Waals surface area contributed by atoms with Gasteiger partial charge < -0.3 is 4.98 Å². The summed E-state index contributed by atoms with van der Waals surface area (Å²) in [5.74, 6) is 2.28. The molecular weight excluding hydrogens is 275 g/mol. The first-order chi connectivity index (χ1) is 8.24. The second-order valence-electron chi connectivity index (χ2n) is 4.26. The summed E-state index contributed by atoms with van der Waals surface area (Å²) in [6.45, 7) is 0. The first kappa shape index (κ1) is 11.7. The number of nitrogens with one attached hydrogen (secondary N) is 1. The van der Waals surface area contributed by atoms with Gasteiger partial charge in [0.05, 0.1) is 26.3 Å². The number of benzene rings is 1. The number of halogens is 2. The van der Waals surface area contributed by atoms with E-state index in [2.05, 4.69) is 9.97 Å². The maximum atomic E-state index is 6.00. The summed E-state index contributed by atoms with van der Waals surface area (Å²) in [5.41, 5.74) is 1.88. The van der Waals surface area contributed by atoms with E-state index in [1.54, 1.807) is 0 Å². The van der Waals surface area contributed by atoms with Crippen LogP contribution in [0.15, 0.2) is 12.1 Å². The molecule has 2 heterocycles. The smallest absolute Gasteiger partial charge is 0.120 e. The van der Waals surface area contributed by atoms with Gasteiger partial charge >= 0.3 is 0 Å². The van der Waals surface area contributed by atoms with Gasteiger partial charge in [-0.3, -0.25) is 0 Å². The lowest BCUT2D eigenvalue weighted by Crippen LogP contribution is -2.03. The molecule has 1 aromatic carbocycles. The van der Waals surface area contributed by atoms with Crippen LogP contribution in [-0.4, -0.2) is 15.7 Å². The van der Waals surface area contributed by atoms with Gasteiger partial charge in [0, 0.05) is 0 Å². The maximum absolute atomic E-state index is 6.00. The van der Waals surface area contributed by atoms with Crippen molar-refractivity contribution in [3.05, 3.63) is 28.0 Å². The summed E-state index contributed by atoms with van der Waals surface area (Å²) in [6, 6.07) is 3.68. The molecular formula is C12H12Cl2N2S. The molecule has 0 radical (unpaired) electrons. The molecule has 1 unspecified atom stereocenters. The second kappa shape index (κ2) is 4.71. The molecule has 0 amide bonds. The number of hydrogen-bond acceptors (Lipinski definition) is 2. The number of aromatic amines is 1. The fraction of sp³-hybridized carbons (Fsp3) is 0.417. The van der Waals surface area contributed by atoms with Gasteiger partial charge in [0.15, 0.2) is 0 Å². The highest BCUT2D eigenvalue weighted by Crippen LogP contribution is 2.38. The van der Waals surface area contributed by atoms with Crippen LogP contribution in [0.3, 0.4) is 0 Å². The Morgan fingerprint density at radius 3 is 2.82 bits per heavy atom. The van der Waals surface area contributed by atoms with Gasteiger partial charge in [0.2, 0.25) is 0 Å². The zero-order valence-corrected chi connectivity index (χ0v) is 11.5. The van der Waals surface area contributed by atoms with Crippen molar-refractivity contribution >= 4 is 46.0 Å². The van der Waals surface area contributed by atoms with Gasteiger partial charge in [-0.05, 0) is 30.7 Å². The van der Waals surface area contributed by atoms with Crippen molar-refractivity contribution in [2.75, 3.05) is 5.75 Å². The third-order valence-corrected chi connectivity index (χ3v) is 5.13. The van der Waals surface area contributed by atoms with Gasteiger partial charge in [-0.25, -0.2) is 4.98 Å². The zero-order chi connectivity index (χ0) is 11.8. The predicted molar refractivity (Wildman–Crippen MR) is 75.2 cm³/mol. The standard InChI is InChI=1S/C12H12Cl2N2S/c13-7-5-9-10(6-8(7)14)16-12(15-9)11-3-1-2-4-17-11/h5-6,11H,1-4H2,(H,15,16). The largest absolute Gasteiger partial charge is 0.341 e. The Bertz CT molecular complexity index is 508. The topological polar surface area (TPSA) is 28.7 Å². The van der Waals surface area contributed by atoms with Crippen LogP contribution >= 0.6 is 35.0 Å². The van der Waals surface area contributed by atoms with E-state index in [4.69, 9.17) is 23.2 Å². The molecule has 2 nitrogen and oxygen atoms in total. The number of nitrogens with zero attached hydrogens (tertiary/aromatic N) is 1. The Labute approximate surface area is 114 Å². The van der Waals surface area contributed by atoms with Crippen molar-refractivity contribution < 1.29 is 0 Å². The summed E-state index contributed by atoms with van der Waals surface area (Å²) in [4.78, 5) is 7.98. The van der Waals surface area contributed by atoms with E-state index in [0.29, 0.717) is 15.3 Å². The minimum atomic E-state index is 0.494. The summed E-state index contributed by atoms with van der Waals surface area (Å²) in [6.07, 6.45) is 3.81. The predicted octanol–water partition coefficient (Wildman–Crippen LogP) is 4.83. The first-order valence-electron chi connectivity index (χ1n) is 5.70. The molecule has 1 fully saturated rings. The first-order valence-corrected chi connectivity index (χ1v) is 7.51. The van der Waals surface area contributed by atoms with Crippen LogP contribution in [0.5, 0.6) is 0 Å². The second-order valence-corrected chi connectivity index (χ2v) is 6.39. The molecule has 1 aromatic heterocycles. The fourth-order valence-corrected chi connectivity index (χ4v) is 3.71. The average molecular weight is 287 g/mol. The molecule has 1 N–H and O–H groups in total. The Hall–Kier alpha value is -0.380. The van der Waals surface area contributed by atoms with E-state index < -0.39 is 0 Å². The molecule has 1 saturated heterocycles. The number of rotatable bonds is 1. The Morgan fingerprint density at radius 1 is 1.24 bits per heavy atom. The van der Waals surface area contributed by atoms with Crippen molar-refractivity contribution in [1.82, 2.24) is 9.97 Å². The van der Waals surface area contributed by atoms with Gasteiger partial charge in [0.25, 0.3) is 0 Å². The van der Waals surface area contributed by atoms with E-state index in [1.807, 2.05) is 23.9 Å². The van der Waals surface area contributed by atoms with Crippen LogP contribution in [0.25, 0.3) is 11.0 Å². The Morgan fingerprint density at radius 2 is 2.06 bits per heavy atom. The lowest BCUT2D eigenvalue weighted by Gasteiger charge is -2.18. The maximum Gasteiger partial charge on any atom is 0.120 e. The molecule has 0 bridgehead atoms. The molecule has 5 heteroatoms. The van der Waals surface area contributed by atoms with Crippen LogP contribution in [0.4, 0.5) is 0 Å². The molecule has 3 rings (SSSR count). The Kier molecular flexibility index (Phi) is 3.24. The lowest BCUT2D eigenvalue weighted by atomic mass is 10.2. The molecule has 2 aromatic rings. The van der Waals surface area contributed by atoms with Gasteiger partial charge in [-0.15, -0.1) is 0 Å². The number of H-pyrrole nitrogens is 1. The molecule has 17 heavy (non-hydrogen) atoms.